The lowest BCUT2D eigenvalue weighted by Crippen LogP contribution is -2.48. The first-order valence-corrected chi connectivity index (χ1v) is 6.46. The maximum absolute atomic E-state index is 12.3. The summed E-state index contributed by atoms with van der Waals surface area (Å²) in [5, 5.41) is 0. The molecule has 1 aromatic carbocycles. The molecule has 112 valence electrons. The zero-order valence-corrected chi connectivity index (χ0v) is 12.4. The molecule has 2 N–H and O–H groups in total. The topological polar surface area (TPSA) is 64.8 Å². The highest BCUT2D eigenvalue weighted by Crippen LogP contribution is 2.19. The first-order valence-electron chi connectivity index (χ1n) is 6.46. The van der Waals surface area contributed by atoms with Crippen molar-refractivity contribution in [3.05, 3.63) is 29.8 Å². The predicted molar refractivity (Wildman–Crippen MR) is 79.3 cm³/mol. The largest absolute Gasteiger partial charge is 0.496 e. The van der Waals surface area contributed by atoms with Crippen molar-refractivity contribution in [2.24, 2.45) is 5.73 Å². The number of para-hydroxylation sites is 1. The van der Waals surface area contributed by atoms with Gasteiger partial charge in [0.1, 0.15) is 5.75 Å². The SMILES string of the molecule is COc1ccccc1CC(=O)N1CCOC(CN)C1.Cl. The van der Waals surface area contributed by atoms with Gasteiger partial charge in [0.15, 0.2) is 0 Å². The Balaban J connectivity index is 0.00000200. The molecule has 1 amide bonds. The van der Waals surface area contributed by atoms with Crippen LogP contribution < -0.4 is 10.5 Å². The van der Waals surface area contributed by atoms with Gasteiger partial charge in [0, 0.05) is 25.2 Å². The molecule has 1 heterocycles. The number of methoxy groups -OCH3 is 1. The monoisotopic (exact) mass is 300 g/mol. The third-order valence-electron chi connectivity index (χ3n) is 3.29. The van der Waals surface area contributed by atoms with Crippen LogP contribution in [-0.2, 0) is 16.0 Å². The summed E-state index contributed by atoms with van der Waals surface area (Å²) in [5.74, 6) is 0.839. The number of hydrogen-bond donors (Lipinski definition) is 1. The summed E-state index contributed by atoms with van der Waals surface area (Å²) < 4.78 is 10.7. The number of halogens is 1. The molecule has 1 aliphatic rings. The van der Waals surface area contributed by atoms with E-state index in [-0.39, 0.29) is 24.4 Å². The number of nitrogens with two attached hydrogens (primary N) is 1. The second kappa shape index (κ2) is 8.09. The summed E-state index contributed by atoms with van der Waals surface area (Å²) in [7, 11) is 1.61. The number of carbonyl (C=O) groups is 1. The van der Waals surface area contributed by atoms with Gasteiger partial charge in [0.05, 0.1) is 26.2 Å². The van der Waals surface area contributed by atoms with Gasteiger partial charge in [-0.15, -0.1) is 12.4 Å². The fourth-order valence-corrected chi connectivity index (χ4v) is 2.21. The molecule has 20 heavy (non-hydrogen) atoms. The minimum atomic E-state index is -0.0460. The number of carbonyl (C=O) groups excluding carboxylic acids is 1. The van der Waals surface area contributed by atoms with E-state index in [2.05, 4.69) is 0 Å². The third kappa shape index (κ3) is 4.10. The van der Waals surface area contributed by atoms with E-state index in [9.17, 15) is 4.79 Å². The molecule has 1 unspecified atom stereocenters. The lowest BCUT2D eigenvalue weighted by atomic mass is 10.1. The second-order valence-electron chi connectivity index (χ2n) is 4.56. The number of ether oxygens (including phenoxy) is 2. The zero-order valence-electron chi connectivity index (χ0n) is 11.6. The smallest absolute Gasteiger partial charge is 0.227 e. The van der Waals surface area contributed by atoms with Gasteiger partial charge >= 0.3 is 0 Å². The van der Waals surface area contributed by atoms with Crippen LogP contribution in [0, 0.1) is 0 Å². The number of benzene rings is 1. The maximum Gasteiger partial charge on any atom is 0.227 e. The van der Waals surface area contributed by atoms with Crippen LogP contribution in [0.5, 0.6) is 5.75 Å². The van der Waals surface area contributed by atoms with E-state index in [1.165, 1.54) is 0 Å². The molecule has 2 rings (SSSR count). The summed E-state index contributed by atoms with van der Waals surface area (Å²) in [5.41, 5.74) is 6.49. The summed E-state index contributed by atoms with van der Waals surface area (Å²) in [6.45, 7) is 2.20. The first kappa shape index (κ1) is 16.8. The maximum atomic E-state index is 12.3. The molecule has 1 saturated heterocycles. The average molecular weight is 301 g/mol. The Morgan fingerprint density at radius 3 is 2.95 bits per heavy atom. The van der Waals surface area contributed by atoms with E-state index in [0.717, 1.165) is 11.3 Å². The van der Waals surface area contributed by atoms with E-state index in [4.69, 9.17) is 15.2 Å². The van der Waals surface area contributed by atoms with E-state index < -0.39 is 0 Å². The normalized spacial score (nSPS) is 18.3. The highest BCUT2D eigenvalue weighted by atomic mass is 35.5. The second-order valence-corrected chi connectivity index (χ2v) is 4.56. The molecular formula is C14H21ClN2O3. The van der Waals surface area contributed by atoms with Gasteiger partial charge < -0.3 is 20.1 Å². The molecule has 1 fully saturated rings. The summed E-state index contributed by atoms with van der Waals surface area (Å²) >= 11 is 0. The predicted octanol–water partition coefficient (Wildman–Crippen LogP) is 0.846. The van der Waals surface area contributed by atoms with Crippen molar-refractivity contribution in [2.45, 2.75) is 12.5 Å². The van der Waals surface area contributed by atoms with Crippen LogP contribution in [0.15, 0.2) is 24.3 Å². The molecule has 0 saturated carbocycles. The molecule has 0 aliphatic carbocycles. The molecular weight excluding hydrogens is 280 g/mol. The first-order chi connectivity index (χ1) is 9.24. The van der Waals surface area contributed by atoms with E-state index in [0.29, 0.717) is 32.7 Å². The number of amides is 1. The quantitative estimate of drug-likeness (QED) is 0.895. The molecule has 0 radical (unpaired) electrons. The minimum absolute atomic E-state index is 0. The highest BCUT2D eigenvalue weighted by molar-refractivity contribution is 5.85. The average Bonchev–Trinajstić information content (AvgIpc) is 2.47. The molecule has 1 aliphatic heterocycles. The Hall–Kier alpha value is -1.30. The van der Waals surface area contributed by atoms with Gasteiger partial charge in [-0.1, -0.05) is 18.2 Å². The van der Waals surface area contributed by atoms with Crippen LogP contribution in [0.1, 0.15) is 5.56 Å². The zero-order chi connectivity index (χ0) is 13.7. The van der Waals surface area contributed by atoms with Gasteiger partial charge in [-0.3, -0.25) is 4.79 Å². The summed E-state index contributed by atoms with van der Waals surface area (Å²) in [4.78, 5) is 14.1. The molecule has 0 bridgehead atoms. The number of hydrogen-bond acceptors (Lipinski definition) is 4. The van der Waals surface area contributed by atoms with Crippen LogP contribution in [0.4, 0.5) is 0 Å². The number of morpholine rings is 1. The van der Waals surface area contributed by atoms with Crippen molar-refractivity contribution in [3.63, 3.8) is 0 Å². The van der Waals surface area contributed by atoms with Crippen molar-refractivity contribution in [3.8, 4) is 5.75 Å². The Labute approximate surface area is 125 Å². The van der Waals surface area contributed by atoms with E-state index in [1.807, 2.05) is 29.2 Å². The van der Waals surface area contributed by atoms with Gasteiger partial charge in [-0.2, -0.15) is 0 Å². The van der Waals surface area contributed by atoms with E-state index >= 15 is 0 Å². The van der Waals surface area contributed by atoms with Gasteiger partial charge in [0.2, 0.25) is 5.91 Å². The third-order valence-corrected chi connectivity index (χ3v) is 3.29. The fraction of sp³-hybridized carbons (Fsp3) is 0.500. The van der Waals surface area contributed by atoms with Gasteiger partial charge in [-0.05, 0) is 6.07 Å². The molecule has 1 aromatic rings. The van der Waals surface area contributed by atoms with Crippen LogP contribution in [0.2, 0.25) is 0 Å². The standard InChI is InChI=1S/C14H20N2O3.ClH/c1-18-13-5-3-2-4-11(13)8-14(17)16-6-7-19-12(9-15)10-16;/h2-5,12H,6-10,15H2,1H3;1H. The Morgan fingerprint density at radius 2 is 2.25 bits per heavy atom. The van der Waals surface area contributed by atoms with Gasteiger partial charge in [-0.25, -0.2) is 0 Å². The van der Waals surface area contributed by atoms with Crippen molar-refractivity contribution in [1.29, 1.82) is 0 Å². The molecule has 0 spiro atoms. The van der Waals surface area contributed by atoms with Gasteiger partial charge in [0.25, 0.3) is 0 Å². The van der Waals surface area contributed by atoms with Crippen LogP contribution >= 0.6 is 12.4 Å². The number of rotatable bonds is 4. The number of nitrogens with zero attached hydrogens (tertiary/aromatic N) is 1. The van der Waals surface area contributed by atoms with Crippen LogP contribution in [-0.4, -0.2) is 50.3 Å². The molecule has 6 heteroatoms. The van der Waals surface area contributed by atoms with E-state index in [1.54, 1.807) is 7.11 Å². The lowest BCUT2D eigenvalue weighted by Gasteiger charge is -2.32. The van der Waals surface area contributed by atoms with Crippen molar-refractivity contribution in [1.82, 2.24) is 4.90 Å². The summed E-state index contributed by atoms with van der Waals surface area (Å²) in [6, 6.07) is 7.58. The van der Waals surface area contributed by atoms with Crippen LogP contribution in [0.25, 0.3) is 0 Å². The summed E-state index contributed by atoms with van der Waals surface area (Å²) in [6.07, 6.45) is 0.303. The lowest BCUT2D eigenvalue weighted by molar-refractivity contribution is -0.137. The molecule has 0 aromatic heterocycles. The van der Waals surface area contributed by atoms with Crippen LogP contribution in [0.3, 0.4) is 0 Å². The molecule has 1 atom stereocenters. The van der Waals surface area contributed by atoms with Crippen molar-refractivity contribution < 1.29 is 14.3 Å². The minimum Gasteiger partial charge on any atom is -0.496 e. The Morgan fingerprint density at radius 1 is 1.50 bits per heavy atom. The Bertz CT molecular complexity index is 442. The molecule has 5 nitrogen and oxygen atoms in total. The Kier molecular flexibility index (Phi) is 6.78. The fourth-order valence-electron chi connectivity index (χ4n) is 2.21. The van der Waals surface area contributed by atoms with Crippen molar-refractivity contribution in [2.75, 3.05) is 33.4 Å². The van der Waals surface area contributed by atoms with Crippen molar-refractivity contribution >= 4 is 18.3 Å². The highest BCUT2D eigenvalue weighted by Gasteiger charge is 2.23.